The molecule has 0 aliphatic carbocycles. The van der Waals surface area contributed by atoms with Crippen LogP contribution in [-0.4, -0.2) is 23.3 Å². The number of hydrogen-bond donors (Lipinski definition) is 2. The number of rotatable bonds is 2. The van der Waals surface area contributed by atoms with E-state index in [1.54, 1.807) is 0 Å². The molecule has 70 valence electrons. The van der Waals surface area contributed by atoms with Crippen LogP contribution in [0.2, 0.25) is 0 Å². The van der Waals surface area contributed by atoms with Crippen LogP contribution < -0.4 is 0 Å². The fourth-order valence-corrected chi connectivity index (χ4v) is 0.955. The molecule has 0 heterocycles. The monoisotopic (exact) mass is 182 g/mol. The zero-order valence-corrected chi connectivity index (χ0v) is 7.15. The summed E-state index contributed by atoms with van der Waals surface area (Å²) >= 11 is 0. The van der Waals surface area contributed by atoms with Crippen LogP contribution in [0.25, 0.3) is 0 Å². The molecule has 0 radical (unpaired) electrons. The number of phenols is 1. The van der Waals surface area contributed by atoms with E-state index >= 15 is 0 Å². The number of aromatic hydroxyl groups is 1. The normalized spacial score (nSPS) is 9.69. The Morgan fingerprint density at radius 1 is 1.54 bits per heavy atom. The maximum absolute atomic E-state index is 11.0. The van der Waals surface area contributed by atoms with Crippen LogP contribution in [0.5, 0.6) is 5.75 Å². The molecular weight excluding hydrogens is 172 g/mol. The van der Waals surface area contributed by atoms with Crippen LogP contribution >= 0.6 is 0 Å². The number of carbonyl (C=O) groups excluding carboxylic acids is 1. The lowest BCUT2D eigenvalue weighted by Gasteiger charge is -2.03. The Morgan fingerprint density at radius 3 is 2.77 bits per heavy atom. The van der Waals surface area contributed by atoms with E-state index in [0.29, 0.717) is 5.56 Å². The highest BCUT2D eigenvalue weighted by Gasteiger charge is 2.11. The van der Waals surface area contributed by atoms with Gasteiger partial charge >= 0.3 is 5.97 Å². The number of esters is 1. The van der Waals surface area contributed by atoms with Crippen molar-refractivity contribution in [2.24, 2.45) is 0 Å². The van der Waals surface area contributed by atoms with Crippen LogP contribution in [0.15, 0.2) is 18.2 Å². The average molecular weight is 182 g/mol. The molecule has 0 saturated heterocycles. The van der Waals surface area contributed by atoms with E-state index in [1.807, 2.05) is 0 Å². The van der Waals surface area contributed by atoms with Crippen molar-refractivity contribution >= 4 is 5.97 Å². The predicted molar refractivity (Wildman–Crippen MR) is 45.4 cm³/mol. The summed E-state index contributed by atoms with van der Waals surface area (Å²) in [5, 5.41) is 18.0. The molecule has 0 atom stereocenters. The Labute approximate surface area is 75.4 Å². The molecule has 13 heavy (non-hydrogen) atoms. The Bertz CT molecular complexity index is 319. The molecule has 0 aliphatic rings. The van der Waals surface area contributed by atoms with Crippen molar-refractivity contribution in [3.63, 3.8) is 0 Å². The summed E-state index contributed by atoms with van der Waals surface area (Å²) in [6.45, 7) is -0.176. The van der Waals surface area contributed by atoms with Gasteiger partial charge in [0.15, 0.2) is 0 Å². The van der Waals surface area contributed by atoms with Gasteiger partial charge in [-0.3, -0.25) is 0 Å². The first-order valence-electron chi connectivity index (χ1n) is 3.70. The first-order chi connectivity index (χ1) is 6.19. The van der Waals surface area contributed by atoms with Gasteiger partial charge in [0, 0.05) is 0 Å². The molecule has 0 fully saturated rings. The van der Waals surface area contributed by atoms with Crippen LogP contribution in [0.3, 0.4) is 0 Å². The van der Waals surface area contributed by atoms with Gasteiger partial charge in [-0.25, -0.2) is 4.79 Å². The summed E-state index contributed by atoms with van der Waals surface area (Å²) in [6.07, 6.45) is 0. The van der Waals surface area contributed by atoms with Crippen molar-refractivity contribution in [2.75, 3.05) is 7.11 Å². The van der Waals surface area contributed by atoms with Crippen molar-refractivity contribution in [3.8, 4) is 5.75 Å². The van der Waals surface area contributed by atoms with Crippen LogP contribution in [-0.2, 0) is 11.3 Å². The van der Waals surface area contributed by atoms with E-state index in [1.165, 1.54) is 25.3 Å². The van der Waals surface area contributed by atoms with Crippen LogP contribution in [0, 0.1) is 0 Å². The molecule has 4 heteroatoms. The highest BCUT2D eigenvalue weighted by atomic mass is 16.5. The molecule has 0 saturated carbocycles. The lowest BCUT2D eigenvalue weighted by atomic mass is 10.1. The second kappa shape index (κ2) is 3.91. The van der Waals surface area contributed by atoms with Crippen LogP contribution in [0.1, 0.15) is 15.9 Å². The third-order valence-electron chi connectivity index (χ3n) is 1.65. The molecule has 4 nitrogen and oxygen atoms in total. The standard InChI is InChI=1S/C9H10O4/c1-13-9(12)7-4-6(5-10)2-3-8(7)11/h2-4,10-11H,5H2,1H3. The Morgan fingerprint density at radius 2 is 2.23 bits per heavy atom. The fraction of sp³-hybridized carbons (Fsp3) is 0.222. The van der Waals surface area contributed by atoms with Crippen molar-refractivity contribution in [1.82, 2.24) is 0 Å². The first-order valence-corrected chi connectivity index (χ1v) is 3.70. The Balaban J connectivity index is 3.11. The highest BCUT2D eigenvalue weighted by molar-refractivity contribution is 5.92. The molecule has 0 aromatic heterocycles. The zero-order valence-electron chi connectivity index (χ0n) is 7.15. The van der Waals surface area contributed by atoms with Crippen molar-refractivity contribution in [1.29, 1.82) is 0 Å². The minimum atomic E-state index is -0.618. The second-order valence-corrected chi connectivity index (χ2v) is 2.50. The number of methoxy groups -OCH3 is 1. The fourth-order valence-electron chi connectivity index (χ4n) is 0.955. The van der Waals surface area contributed by atoms with Gasteiger partial charge in [-0.15, -0.1) is 0 Å². The van der Waals surface area contributed by atoms with E-state index < -0.39 is 5.97 Å². The highest BCUT2D eigenvalue weighted by Crippen LogP contribution is 2.19. The summed E-state index contributed by atoms with van der Waals surface area (Å²) in [5.74, 6) is -0.767. The molecular formula is C9H10O4. The summed E-state index contributed by atoms with van der Waals surface area (Å²) in [4.78, 5) is 11.0. The molecule has 1 rings (SSSR count). The molecule has 0 amide bonds. The Kier molecular flexibility index (Phi) is 2.87. The molecule has 1 aromatic rings. The number of ether oxygens (including phenoxy) is 1. The van der Waals surface area contributed by atoms with E-state index in [0.717, 1.165) is 0 Å². The number of phenolic OH excluding ortho intramolecular Hbond substituents is 1. The summed E-state index contributed by atoms with van der Waals surface area (Å²) in [5.41, 5.74) is 0.618. The number of benzene rings is 1. The smallest absolute Gasteiger partial charge is 0.341 e. The lowest BCUT2D eigenvalue weighted by Crippen LogP contribution is -2.02. The van der Waals surface area contributed by atoms with Gasteiger partial charge < -0.3 is 14.9 Å². The SMILES string of the molecule is COC(=O)c1cc(CO)ccc1O. The average Bonchev–Trinajstić information content (AvgIpc) is 2.17. The third kappa shape index (κ3) is 1.97. The maximum Gasteiger partial charge on any atom is 0.341 e. The summed E-state index contributed by atoms with van der Waals surface area (Å²) < 4.78 is 4.44. The molecule has 0 bridgehead atoms. The third-order valence-corrected chi connectivity index (χ3v) is 1.65. The van der Waals surface area contributed by atoms with Gasteiger partial charge in [0.1, 0.15) is 11.3 Å². The van der Waals surface area contributed by atoms with Gasteiger partial charge in [0.05, 0.1) is 13.7 Å². The van der Waals surface area contributed by atoms with E-state index in [-0.39, 0.29) is 17.9 Å². The molecule has 1 aromatic carbocycles. The molecule has 0 aliphatic heterocycles. The topological polar surface area (TPSA) is 66.8 Å². The van der Waals surface area contributed by atoms with E-state index in [2.05, 4.69) is 4.74 Å². The number of hydrogen-bond acceptors (Lipinski definition) is 4. The molecule has 2 N–H and O–H groups in total. The lowest BCUT2D eigenvalue weighted by molar-refractivity contribution is 0.0597. The van der Waals surface area contributed by atoms with E-state index in [9.17, 15) is 9.90 Å². The summed E-state index contributed by atoms with van der Waals surface area (Å²) in [7, 11) is 1.23. The molecule has 0 unspecified atom stereocenters. The molecule has 0 spiro atoms. The minimum absolute atomic E-state index is 0.0639. The number of aliphatic hydroxyl groups excluding tert-OH is 1. The summed E-state index contributed by atoms with van der Waals surface area (Å²) in [6, 6.07) is 4.26. The van der Waals surface area contributed by atoms with Crippen molar-refractivity contribution in [3.05, 3.63) is 29.3 Å². The van der Waals surface area contributed by atoms with Gasteiger partial charge in [-0.2, -0.15) is 0 Å². The number of carbonyl (C=O) groups is 1. The van der Waals surface area contributed by atoms with Gasteiger partial charge in [0.25, 0.3) is 0 Å². The maximum atomic E-state index is 11.0. The predicted octanol–water partition coefficient (Wildman–Crippen LogP) is 0.671. The van der Waals surface area contributed by atoms with Crippen molar-refractivity contribution in [2.45, 2.75) is 6.61 Å². The minimum Gasteiger partial charge on any atom is -0.507 e. The zero-order chi connectivity index (χ0) is 9.84. The van der Waals surface area contributed by atoms with Gasteiger partial charge in [-0.1, -0.05) is 6.07 Å². The van der Waals surface area contributed by atoms with Gasteiger partial charge in [-0.05, 0) is 17.7 Å². The van der Waals surface area contributed by atoms with Crippen molar-refractivity contribution < 1.29 is 19.7 Å². The number of aliphatic hydroxyl groups is 1. The largest absolute Gasteiger partial charge is 0.507 e. The first kappa shape index (κ1) is 9.54. The van der Waals surface area contributed by atoms with E-state index in [4.69, 9.17) is 5.11 Å². The Hall–Kier alpha value is -1.55. The second-order valence-electron chi connectivity index (χ2n) is 2.50. The quantitative estimate of drug-likeness (QED) is 0.660. The van der Waals surface area contributed by atoms with Gasteiger partial charge in [0.2, 0.25) is 0 Å². The van der Waals surface area contributed by atoms with Crippen LogP contribution in [0.4, 0.5) is 0 Å².